The summed E-state index contributed by atoms with van der Waals surface area (Å²) in [4.78, 5) is 14.4. The van der Waals surface area contributed by atoms with Crippen LogP contribution in [0.2, 0.25) is 0 Å². The van der Waals surface area contributed by atoms with Crippen molar-refractivity contribution in [3.05, 3.63) is 28.2 Å². The zero-order valence-corrected chi connectivity index (χ0v) is 13.1. The highest BCUT2D eigenvalue weighted by Crippen LogP contribution is 2.26. The maximum atomic E-state index is 12.6. The molecule has 0 saturated heterocycles. The summed E-state index contributed by atoms with van der Waals surface area (Å²) in [6.07, 6.45) is 5.60. The van der Waals surface area contributed by atoms with Crippen LogP contribution >= 0.6 is 15.9 Å². The van der Waals surface area contributed by atoms with Gasteiger partial charge in [0.05, 0.1) is 6.61 Å². The minimum absolute atomic E-state index is 0.00570. The minimum Gasteiger partial charge on any atom is -0.398 e. The quantitative estimate of drug-likeness (QED) is 0.828. The van der Waals surface area contributed by atoms with Crippen molar-refractivity contribution in [1.29, 1.82) is 0 Å². The number of benzene rings is 1. The number of hydrogen-bond donors (Lipinski definition) is 2. The standard InChI is InChI=1S/C15H21BrN2O2/c16-13-7-6-11(10-14(13)17)15(20)18(8-9-19)12-4-2-1-3-5-12/h6-7,10,12,19H,1-5,8-9,17H2. The van der Waals surface area contributed by atoms with Crippen LogP contribution in [0.4, 0.5) is 5.69 Å². The highest BCUT2D eigenvalue weighted by Gasteiger charge is 2.26. The number of halogens is 1. The summed E-state index contributed by atoms with van der Waals surface area (Å²) >= 11 is 3.33. The average molecular weight is 341 g/mol. The summed E-state index contributed by atoms with van der Waals surface area (Å²) in [7, 11) is 0. The third-order valence-corrected chi connectivity index (χ3v) is 4.58. The molecule has 5 heteroatoms. The number of nitrogens with two attached hydrogens (primary N) is 1. The van der Waals surface area contributed by atoms with Gasteiger partial charge in [0.25, 0.3) is 5.91 Å². The molecule has 2 rings (SSSR count). The summed E-state index contributed by atoms with van der Waals surface area (Å²) in [5, 5.41) is 9.24. The lowest BCUT2D eigenvalue weighted by Crippen LogP contribution is -2.43. The maximum absolute atomic E-state index is 12.6. The summed E-state index contributed by atoms with van der Waals surface area (Å²) in [6.45, 7) is 0.383. The molecule has 1 aliphatic carbocycles. The van der Waals surface area contributed by atoms with Crippen LogP contribution in [0.15, 0.2) is 22.7 Å². The zero-order chi connectivity index (χ0) is 14.5. The van der Waals surface area contributed by atoms with Gasteiger partial charge >= 0.3 is 0 Å². The molecule has 0 unspecified atom stereocenters. The molecule has 20 heavy (non-hydrogen) atoms. The number of aliphatic hydroxyl groups is 1. The largest absolute Gasteiger partial charge is 0.398 e. The lowest BCUT2D eigenvalue weighted by Gasteiger charge is -2.34. The Morgan fingerprint density at radius 3 is 2.65 bits per heavy atom. The van der Waals surface area contributed by atoms with Crippen molar-refractivity contribution in [3.63, 3.8) is 0 Å². The first-order valence-corrected chi connectivity index (χ1v) is 7.89. The van der Waals surface area contributed by atoms with Gasteiger partial charge in [-0.05, 0) is 47.0 Å². The van der Waals surface area contributed by atoms with Crippen LogP contribution in [0.3, 0.4) is 0 Å². The second-order valence-corrected chi connectivity index (χ2v) is 6.10. The number of amides is 1. The molecule has 1 aromatic rings. The predicted octanol–water partition coefficient (Wildman–Crippen LogP) is 2.80. The van der Waals surface area contributed by atoms with E-state index in [4.69, 9.17) is 5.73 Å². The number of anilines is 1. The van der Waals surface area contributed by atoms with Crippen LogP contribution in [0.1, 0.15) is 42.5 Å². The Bertz CT molecular complexity index is 473. The van der Waals surface area contributed by atoms with E-state index in [1.54, 1.807) is 18.2 Å². The number of rotatable bonds is 4. The van der Waals surface area contributed by atoms with E-state index < -0.39 is 0 Å². The SMILES string of the molecule is Nc1cc(C(=O)N(CCO)C2CCCCC2)ccc1Br. The molecule has 0 radical (unpaired) electrons. The molecule has 1 fully saturated rings. The molecule has 1 amide bonds. The van der Waals surface area contributed by atoms with Gasteiger partial charge in [-0.3, -0.25) is 4.79 Å². The molecule has 0 aliphatic heterocycles. The summed E-state index contributed by atoms with van der Waals surface area (Å²) < 4.78 is 0.792. The first-order chi connectivity index (χ1) is 9.63. The highest BCUT2D eigenvalue weighted by atomic mass is 79.9. The summed E-state index contributed by atoms with van der Waals surface area (Å²) in [5.41, 5.74) is 6.99. The molecular weight excluding hydrogens is 320 g/mol. The van der Waals surface area contributed by atoms with Gasteiger partial charge < -0.3 is 15.7 Å². The average Bonchev–Trinajstić information content (AvgIpc) is 2.48. The molecular formula is C15H21BrN2O2. The fourth-order valence-corrected chi connectivity index (χ4v) is 3.04. The van der Waals surface area contributed by atoms with E-state index in [1.165, 1.54) is 6.42 Å². The van der Waals surface area contributed by atoms with Gasteiger partial charge in [0.15, 0.2) is 0 Å². The molecule has 0 spiro atoms. The normalized spacial score (nSPS) is 16.1. The Hall–Kier alpha value is -1.07. The molecule has 110 valence electrons. The van der Waals surface area contributed by atoms with E-state index in [0.717, 1.165) is 30.2 Å². The molecule has 0 aromatic heterocycles. The molecule has 3 N–H and O–H groups in total. The molecule has 0 heterocycles. The van der Waals surface area contributed by atoms with Crippen LogP contribution < -0.4 is 5.73 Å². The van der Waals surface area contributed by atoms with Crippen molar-refractivity contribution in [3.8, 4) is 0 Å². The van der Waals surface area contributed by atoms with Crippen molar-refractivity contribution in [2.75, 3.05) is 18.9 Å². The fourth-order valence-electron chi connectivity index (χ4n) is 2.79. The Kier molecular flexibility index (Phi) is 5.43. The van der Waals surface area contributed by atoms with E-state index in [9.17, 15) is 9.90 Å². The Morgan fingerprint density at radius 2 is 2.05 bits per heavy atom. The predicted molar refractivity (Wildman–Crippen MR) is 83.5 cm³/mol. The second-order valence-electron chi connectivity index (χ2n) is 5.25. The van der Waals surface area contributed by atoms with E-state index in [2.05, 4.69) is 15.9 Å². The van der Waals surface area contributed by atoms with E-state index in [1.807, 2.05) is 4.90 Å². The molecule has 1 saturated carbocycles. The minimum atomic E-state index is -0.0369. The Morgan fingerprint density at radius 1 is 1.35 bits per heavy atom. The van der Waals surface area contributed by atoms with Crippen LogP contribution in [0, 0.1) is 0 Å². The highest BCUT2D eigenvalue weighted by molar-refractivity contribution is 9.10. The first-order valence-electron chi connectivity index (χ1n) is 7.10. The molecule has 1 aromatic carbocycles. The third-order valence-electron chi connectivity index (χ3n) is 3.86. The van der Waals surface area contributed by atoms with Gasteiger partial charge in [-0.25, -0.2) is 0 Å². The Labute approximate surface area is 128 Å². The number of nitrogens with zero attached hydrogens (tertiary/aromatic N) is 1. The van der Waals surface area contributed by atoms with Gasteiger partial charge in [0.2, 0.25) is 0 Å². The number of hydrogen-bond acceptors (Lipinski definition) is 3. The van der Waals surface area contributed by atoms with Crippen molar-refractivity contribution in [2.45, 2.75) is 38.1 Å². The number of carbonyl (C=O) groups excluding carboxylic acids is 1. The van der Waals surface area contributed by atoms with E-state index in [0.29, 0.717) is 17.8 Å². The van der Waals surface area contributed by atoms with E-state index >= 15 is 0 Å². The van der Waals surface area contributed by atoms with Gasteiger partial charge in [0, 0.05) is 28.3 Å². The number of nitrogen functional groups attached to an aromatic ring is 1. The van der Waals surface area contributed by atoms with Crippen molar-refractivity contribution in [2.24, 2.45) is 0 Å². The maximum Gasteiger partial charge on any atom is 0.254 e. The van der Waals surface area contributed by atoms with Gasteiger partial charge in [-0.15, -0.1) is 0 Å². The van der Waals surface area contributed by atoms with Gasteiger partial charge in [-0.2, -0.15) is 0 Å². The van der Waals surface area contributed by atoms with Crippen LogP contribution in [0.5, 0.6) is 0 Å². The van der Waals surface area contributed by atoms with Gasteiger partial charge in [0.1, 0.15) is 0 Å². The summed E-state index contributed by atoms with van der Waals surface area (Å²) in [6, 6.07) is 5.50. The lowest BCUT2D eigenvalue weighted by molar-refractivity contribution is 0.0585. The monoisotopic (exact) mass is 340 g/mol. The van der Waals surface area contributed by atoms with Crippen molar-refractivity contribution >= 4 is 27.5 Å². The number of carbonyl (C=O) groups is 1. The molecule has 4 nitrogen and oxygen atoms in total. The number of aliphatic hydroxyl groups excluding tert-OH is 1. The van der Waals surface area contributed by atoms with Gasteiger partial charge in [-0.1, -0.05) is 19.3 Å². The summed E-state index contributed by atoms with van der Waals surface area (Å²) in [5.74, 6) is -0.0369. The molecule has 1 aliphatic rings. The van der Waals surface area contributed by atoms with Crippen LogP contribution in [-0.4, -0.2) is 35.1 Å². The first kappa shape index (κ1) is 15.3. The lowest BCUT2D eigenvalue weighted by atomic mass is 9.93. The topological polar surface area (TPSA) is 66.6 Å². The molecule has 0 bridgehead atoms. The zero-order valence-electron chi connectivity index (χ0n) is 11.5. The fraction of sp³-hybridized carbons (Fsp3) is 0.533. The van der Waals surface area contributed by atoms with Crippen LogP contribution in [0.25, 0.3) is 0 Å². The van der Waals surface area contributed by atoms with Crippen molar-refractivity contribution < 1.29 is 9.90 Å². The Balaban J connectivity index is 2.18. The molecule has 0 atom stereocenters. The third kappa shape index (κ3) is 3.52. The van der Waals surface area contributed by atoms with Crippen molar-refractivity contribution in [1.82, 2.24) is 4.90 Å². The van der Waals surface area contributed by atoms with Crippen LogP contribution in [-0.2, 0) is 0 Å². The van der Waals surface area contributed by atoms with E-state index in [-0.39, 0.29) is 18.6 Å². The second kappa shape index (κ2) is 7.09. The smallest absolute Gasteiger partial charge is 0.254 e.